The summed E-state index contributed by atoms with van der Waals surface area (Å²) in [5.41, 5.74) is 6.56. The molecule has 144 valence electrons. The smallest absolute Gasteiger partial charge is 0.341 e. The molecule has 2 heterocycles. The van der Waals surface area contributed by atoms with Crippen LogP contribution in [0.2, 0.25) is 0 Å². The molecule has 0 radical (unpaired) electrons. The standard InChI is InChI=1S/C19H23FN4O3/c1-10-13-16(24(11-3-4-11)9-12(18(13)25)19(26)27)15(21)17(14(10)20)23-7-5-22(2)6-8-23/h9,11H,3-8,21H2,1-2H3,(H,26,27). The van der Waals surface area contributed by atoms with Crippen LogP contribution in [0.15, 0.2) is 11.0 Å². The summed E-state index contributed by atoms with van der Waals surface area (Å²) in [5.74, 6) is -1.84. The molecule has 8 heteroatoms. The minimum Gasteiger partial charge on any atom is -0.477 e. The fourth-order valence-corrected chi connectivity index (χ4v) is 3.91. The molecule has 2 fully saturated rings. The zero-order valence-electron chi connectivity index (χ0n) is 15.5. The zero-order valence-corrected chi connectivity index (χ0v) is 15.5. The molecular weight excluding hydrogens is 351 g/mol. The Hall–Kier alpha value is -2.61. The predicted molar refractivity (Wildman–Crippen MR) is 102 cm³/mol. The van der Waals surface area contributed by atoms with Crippen molar-refractivity contribution in [2.75, 3.05) is 43.9 Å². The average Bonchev–Trinajstić information content (AvgIpc) is 3.46. The van der Waals surface area contributed by atoms with Crippen molar-refractivity contribution in [1.82, 2.24) is 9.47 Å². The third-order valence-corrected chi connectivity index (χ3v) is 5.65. The Morgan fingerprint density at radius 2 is 1.89 bits per heavy atom. The monoisotopic (exact) mass is 374 g/mol. The van der Waals surface area contributed by atoms with Gasteiger partial charge in [0, 0.05) is 44.0 Å². The highest BCUT2D eigenvalue weighted by atomic mass is 19.1. The van der Waals surface area contributed by atoms with E-state index in [4.69, 9.17) is 5.73 Å². The first-order valence-corrected chi connectivity index (χ1v) is 9.14. The van der Waals surface area contributed by atoms with Crippen LogP contribution in [-0.4, -0.2) is 53.8 Å². The van der Waals surface area contributed by atoms with E-state index < -0.39 is 17.2 Å². The van der Waals surface area contributed by atoms with Gasteiger partial charge in [-0.3, -0.25) is 4.79 Å². The van der Waals surface area contributed by atoms with Gasteiger partial charge >= 0.3 is 5.97 Å². The number of carbonyl (C=O) groups is 1. The van der Waals surface area contributed by atoms with Crippen molar-refractivity contribution >= 4 is 28.2 Å². The van der Waals surface area contributed by atoms with Crippen molar-refractivity contribution in [2.45, 2.75) is 25.8 Å². The number of aryl methyl sites for hydroxylation is 1. The molecule has 1 saturated heterocycles. The molecule has 1 aromatic heterocycles. The number of pyridine rings is 1. The predicted octanol–water partition coefficient (Wildman–Crippen LogP) is 1.82. The van der Waals surface area contributed by atoms with Gasteiger partial charge in [-0.25, -0.2) is 9.18 Å². The number of hydrogen-bond donors (Lipinski definition) is 2. The largest absolute Gasteiger partial charge is 0.477 e. The highest BCUT2D eigenvalue weighted by Crippen LogP contribution is 2.42. The molecule has 0 spiro atoms. The second-order valence-corrected chi connectivity index (χ2v) is 7.53. The summed E-state index contributed by atoms with van der Waals surface area (Å²) in [6, 6.07) is 0.0960. The Labute approximate surface area is 155 Å². The molecule has 1 aromatic carbocycles. The summed E-state index contributed by atoms with van der Waals surface area (Å²) < 4.78 is 17.1. The van der Waals surface area contributed by atoms with Crippen molar-refractivity contribution in [3.05, 3.63) is 33.4 Å². The zero-order chi connectivity index (χ0) is 19.5. The van der Waals surface area contributed by atoms with E-state index in [9.17, 15) is 14.7 Å². The molecular formula is C19H23FN4O3. The van der Waals surface area contributed by atoms with Crippen molar-refractivity contribution in [1.29, 1.82) is 0 Å². The summed E-state index contributed by atoms with van der Waals surface area (Å²) in [7, 11) is 2.01. The van der Waals surface area contributed by atoms with E-state index in [1.807, 2.05) is 11.9 Å². The van der Waals surface area contributed by atoms with Gasteiger partial charge in [-0.2, -0.15) is 0 Å². The van der Waals surface area contributed by atoms with Gasteiger partial charge in [-0.05, 0) is 26.8 Å². The molecule has 2 aromatic rings. The molecule has 27 heavy (non-hydrogen) atoms. The highest BCUT2D eigenvalue weighted by molar-refractivity contribution is 6.02. The number of aromatic carboxylic acids is 1. The van der Waals surface area contributed by atoms with E-state index in [-0.39, 0.29) is 28.2 Å². The third kappa shape index (κ3) is 2.75. The molecule has 0 atom stereocenters. The molecule has 0 bridgehead atoms. The first kappa shape index (κ1) is 17.8. The number of nitrogen functional groups attached to an aromatic ring is 1. The Morgan fingerprint density at radius 3 is 2.44 bits per heavy atom. The van der Waals surface area contributed by atoms with Crippen molar-refractivity contribution in [3.63, 3.8) is 0 Å². The van der Waals surface area contributed by atoms with E-state index in [2.05, 4.69) is 4.90 Å². The van der Waals surface area contributed by atoms with Crippen molar-refractivity contribution in [3.8, 4) is 0 Å². The number of halogens is 1. The summed E-state index contributed by atoms with van der Waals surface area (Å²) in [6.45, 7) is 4.40. The average molecular weight is 374 g/mol. The Morgan fingerprint density at radius 1 is 1.26 bits per heavy atom. The second kappa shape index (κ2) is 6.23. The first-order chi connectivity index (χ1) is 12.8. The number of nitrogens with two attached hydrogens (primary N) is 1. The minimum atomic E-state index is -1.31. The number of aromatic nitrogens is 1. The maximum absolute atomic E-state index is 15.3. The van der Waals surface area contributed by atoms with Crippen molar-refractivity contribution in [2.24, 2.45) is 0 Å². The Bertz CT molecular complexity index is 1000. The van der Waals surface area contributed by atoms with Gasteiger partial charge in [0.25, 0.3) is 0 Å². The number of anilines is 2. The van der Waals surface area contributed by atoms with Crippen LogP contribution >= 0.6 is 0 Å². The number of carboxylic acids is 1. The third-order valence-electron chi connectivity index (χ3n) is 5.65. The summed E-state index contributed by atoms with van der Waals surface area (Å²) in [5, 5.41) is 9.49. The van der Waals surface area contributed by atoms with E-state index in [1.54, 1.807) is 4.57 Å². The fourth-order valence-electron chi connectivity index (χ4n) is 3.91. The number of benzene rings is 1. The van der Waals surface area contributed by atoms with Gasteiger partial charge in [-0.1, -0.05) is 0 Å². The van der Waals surface area contributed by atoms with Gasteiger partial charge < -0.3 is 25.2 Å². The number of fused-ring (bicyclic) bond motifs is 1. The number of rotatable bonds is 3. The van der Waals surface area contributed by atoms with Gasteiger partial charge in [0.1, 0.15) is 5.56 Å². The lowest BCUT2D eigenvalue weighted by Gasteiger charge is -2.35. The lowest BCUT2D eigenvalue weighted by molar-refractivity contribution is 0.0695. The summed E-state index contributed by atoms with van der Waals surface area (Å²) >= 11 is 0. The maximum Gasteiger partial charge on any atom is 0.341 e. The number of hydrogen-bond acceptors (Lipinski definition) is 5. The number of carboxylic acid groups (broad SMARTS) is 1. The molecule has 4 rings (SSSR count). The van der Waals surface area contributed by atoms with Crippen LogP contribution in [0.5, 0.6) is 0 Å². The van der Waals surface area contributed by atoms with Crippen LogP contribution < -0.4 is 16.1 Å². The number of likely N-dealkylation sites (N-methyl/N-ethyl adjacent to an activating group) is 1. The minimum absolute atomic E-state index is 0.0784. The summed E-state index contributed by atoms with van der Waals surface area (Å²) in [4.78, 5) is 28.4. The number of piperazine rings is 1. The molecule has 1 saturated carbocycles. The quantitative estimate of drug-likeness (QED) is 0.797. The van der Waals surface area contributed by atoms with E-state index >= 15 is 4.39 Å². The lowest BCUT2D eigenvalue weighted by Crippen LogP contribution is -2.45. The first-order valence-electron chi connectivity index (χ1n) is 9.14. The van der Waals surface area contributed by atoms with Crippen LogP contribution in [0.1, 0.15) is 34.8 Å². The lowest BCUT2D eigenvalue weighted by atomic mass is 10.0. The molecule has 0 amide bonds. The van der Waals surface area contributed by atoms with Gasteiger partial charge in [0.2, 0.25) is 5.43 Å². The fraction of sp³-hybridized carbons (Fsp3) is 0.474. The van der Waals surface area contributed by atoms with E-state index in [0.29, 0.717) is 24.3 Å². The van der Waals surface area contributed by atoms with Gasteiger partial charge in [0.15, 0.2) is 5.82 Å². The molecule has 0 unspecified atom stereocenters. The SMILES string of the molecule is Cc1c(F)c(N2CCN(C)CC2)c(N)c2c1c(=O)c(C(=O)O)cn2C1CC1. The molecule has 1 aliphatic heterocycles. The van der Waals surface area contributed by atoms with E-state index in [1.165, 1.54) is 13.1 Å². The van der Waals surface area contributed by atoms with Crippen LogP contribution in [0.3, 0.4) is 0 Å². The van der Waals surface area contributed by atoms with Gasteiger partial charge in [-0.15, -0.1) is 0 Å². The number of nitrogens with zero attached hydrogens (tertiary/aromatic N) is 3. The second-order valence-electron chi connectivity index (χ2n) is 7.53. The molecule has 1 aliphatic carbocycles. The van der Waals surface area contributed by atoms with E-state index in [0.717, 1.165) is 25.9 Å². The molecule has 2 aliphatic rings. The van der Waals surface area contributed by atoms with Crippen LogP contribution in [0.4, 0.5) is 15.8 Å². The topological polar surface area (TPSA) is 91.8 Å². The molecule has 7 nitrogen and oxygen atoms in total. The van der Waals surface area contributed by atoms with Crippen LogP contribution in [0, 0.1) is 12.7 Å². The summed E-state index contributed by atoms with van der Waals surface area (Å²) in [6.07, 6.45) is 3.14. The van der Waals surface area contributed by atoms with Crippen molar-refractivity contribution < 1.29 is 14.3 Å². The highest BCUT2D eigenvalue weighted by Gasteiger charge is 2.31. The van der Waals surface area contributed by atoms with Crippen LogP contribution in [0.25, 0.3) is 10.9 Å². The molecule has 3 N–H and O–H groups in total. The maximum atomic E-state index is 15.3. The Kier molecular flexibility index (Phi) is 4.10. The normalized spacial score (nSPS) is 18.3. The Balaban J connectivity index is 2.03. The van der Waals surface area contributed by atoms with Gasteiger partial charge in [0.05, 0.1) is 22.3 Å². The van der Waals surface area contributed by atoms with Crippen LogP contribution in [-0.2, 0) is 0 Å².